The number of carbonyl (C=O) groups excluding carboxylic acids is 1. The van der Waals surface area contributed by atoms with Crippen LogP contribution in [0.1, 0.15) is 5.76 Å². The number of sulfonamides is 1. The quantitative estimate of drug-likeness (QED) is 0.493. The number of hydrogen-bond donors (Lipinski definition) is 0. The van der Waals surface area contributed by atoms with Crippen molar-refractivity contribution in [2.45, 2.75) is 11.5 Å². The minimum Gasteiger partial charge on any atom is -0.457 e. The zero-order chi connectivity index (χ0) is 19.3. The molecule has 0 aliphatic carbocycles. The lowest BCUT2D eigenvalue weighted by molar-refractivity contribution is -0.143. The molecule has 28 heavy (non-hydrogen) atoms. The second-order valence-electron chi connectivity index (χ2n) is 6.55. The normalized spacial score (nSPS) is 14.6. The van der Waals surface area contributed by atoms with Crippen LogP contribution in [0, 0.1) is 0 Å². The molecule has 7 heteroatoms. The van der Waals surface area contributed by atoms with Crippen molar-refractivity contribution in [2.75, 3.05) is 10.8 Å². The first-order valence-corrected chi connectivity index (χ1v) is 10.2. The molecule has 0 N–H and O–H groups in total. The molecule has 0 amide bonds. The van der Waals surface area contributed by atoms with E-state index in [4.69, 9.17) is 9.15 Å². The number of carbonyl (C=O) groups is 1. The van der Waals surface area contributed by atoms with Gasteiger partial charge in [0, 0.05) is 10.8 Å². The van der Waals surface area contributed by atoms with E-state index in [-0.39, 0.29) is 11.5 Å². The molecule has 0 saturated carbocycles. The third-order valence-electron chi connectivity index (χ3n) is 4.81. The molecule has 0 saturated heterocycles. The van der Waals surface area contributed by atoms with Gasteiger partial charge >= 0.3 is 5.97 Å². The van der Waals surface area contributed by atoms with Gasteiger partial charge in [0.1, 0.15) is 24.5 Å². The second kappa shape index (κ2) is 6.10. The van der Waals surface area contributed by atoms with Crippen LogP contribution < -0.4 is 4.31 Å². The summed E-state index contributed by atoms with van der Waals surface area (Å²) in [4.78, 5) is 12.6. The topological polar surface area (TPSA) is 76.8 Å². The molecular weight excluding hydrogens is 378 g/mol. The highest BCUT2D eigenvalue weighted by Crippen LogP contribution is 2.41. The van der Waals surface area contributed by atoms with Crippen LogP contribution in [-0.4, -0.2) is 20.9 Å². The van der Waals surface area contributed by atoms with Crippen molar-refractivity contribution in [1.29, 1.82) is 0 Å². The molecule has 1 aromatic heterocycles. The van der Waals surface area contributed by atoms with E-state index in [2.05, 4.69) is 0 Å². The number of nitrogens with zero attached hydrogens (tertiary/aromatic N) is 1. The average Bonchev–Trinajstić information content (AvgIpc) is 3.20. The highest BCUT2D eigenvalue weighted by atomic mass is 32.2. The number of ether oxygens (including phenoxy) is 1. The third-order valence-corrected chi connectivity index (χ3v) is 6.61. The summed E-state index contributed by atoms with van der Waals surface area (Å²) in [5.74, 6) is -0.141. The van der Waals surface area contributed by atoms with Gasteiger partial charge in [-0.1, -0.05) is 42.5 Å². The standard InChI is InChI=1S/C21H15NO5S/c23-20(26-13-16-11-15-5-1-2-9-18(15)27-16)12-22-17-8-3-6-14-7-4-10-19(21(14)17)28(22,24)25/h1-11H,12-13H2. The Labute approximate surface area is 161 Å². The van der Waals surface area contributed by atoms with Crippen LogP contribution in [-0.2, 0) is 26.2 Å². The van der Waals surface area contributed by atoms with Crippen LogP contribution in [0.3, 0.4) is 0 Å². The Balaban J connectivity index is 1.37. The molecule has 0 unspecified atom stereocenters. The predicted molar refractivity (Wildman–Crippen MR) is 104 cm³/mol. The van der Waals surface area contributed by atoms with Crippen molar-refractivity contribution in [1.82, 2.24) is 0 Å². The van der Waals surface area contributed by atoms with Crippen LogP contribution in [0.4, 0.5) is 5.69 Å². The fourth-order valence-electron chi connectivity index (χ4n) is 3.55. The maximum atomic E-state index is 12.9. The molecule has 6 nitrogen and oxygen atoms in total. The first-order chi connectivity index (χ1) is 13.5. The van der Waals surface area contributed by atoms with Crippen LogP contribution in [0.15, 0.2) is 76.0 Å². The van der Waals surface area contributed by atoms with Crippen LogP contribution in [0.2, 0.25) is 0 Å². The highest BCUT2D eigenvalue weighted by molar-refractivity contribution is 7.93. The van der Waals surface area contributed by atoms with Crippen molar-refractivity contribution >= 4 is 43.4 Å². The highest BCUT2D eigenvalue weighted by Gasteiger charge is 2.36. The summed E-state index contributed by atoms with van der Waals surface area (Å²) >= 11 is 0. The minimum atomic E-state index is -3.79. The number of rotatable bonds is 4. The third kappa shape index (κ3) is 2.55. The second-order valence-corrected chi connectivity index (χ2v) is 8.39. The number of fused-ring (bicyclic) bond motifs is 1. The number of anilines is 1. The van der Waals surface area contributed by atoms with Crippen molar-refractivity contribution < 1.29 is 22.4 Å². The van der Waals surface area contributed by atoms with Gasteiger partial charge in [0.2, 0.25) is 0 Å². The SMILES string of the molecule is O=C(CN1c2cccc3cccc(c23)S1(=O)=O)OCc1cc2ccccc2o1. The summed E-state index contributed by atoms with van der Waals surface area (Å²) in [6.07, 6.45) is 0. The zero-order valence-corrected chi connectivity index (χ0v) is 15.5. The van der Waals surface area contributed by atoms with E-state index in [1.54, 1.807) is 30.3 Å². The first-order valence-electron chi connectivity index (χ1n) is 8.71. The summed E-state index contributed by atoms with van der Waals surface area (Å²) in [6, 6.07) is 19.7. The monoisotopic (exact) mass is 393 g/mol. The molecule has 2 heterocycles. The van der Waals surface area contributed by atoms with Gasteiger partial charge in [-0.15, -0.1) is 0 Å². The lowest BCUT2D eigenvalue weighted by atomic mass is 10.1. The van der Waals surface area contributed by atoms with Gasteiger partial charge in [-0.05, 0) is 29.7 Å². The number of furan rings is 1. The molecule has 3 aromatic carbocycles. The maximum Gasteiger partial charge on any atom is 0.327 e. The maximum absolute atomic E-state index is 12.9. The molecular formula is C21H15NO5S. The Morgan fingerprint density at radius 1 is 0.964 bits per heavy atom. The van der Waals surface area contributed by atoms with Gasteiger partial charge in [-0.25, -0.2) is 8.42 Å². The van der Waals surface area contributed by atoms with Gasteiger partial charge in [-0.3, -0.25) is 9.10 Å². The summed E-state index contributed by atoms with van der Waals surface area (Å²) in [5, 5.41) is 2.37. The molecule has 5 rings (SSSR count). The number of esters is 1. The largest absolute Gasteiger partial charge is 0.457 e. The predicted octanol–water partition coefficient (Wildman–Crippen LogP) is 3.84. The smallest absolute Gasteiger partial charge is 0.327 e. The van der Waals surface area contributed by atoms with Crippen molar-refractivity contribution in [3.63, 3.8) is 0 Å². The average molecular weight is 393 g/mol. The van der Waals surface area contributed by atoms with Gasteiger partial charge in [-0.2, -0.15) is 0 Å². The molecule has 0 bridgehead atoms. The van der Waals surface area contributed by atoms with E-state index >= 15 is 0 Å². The van der Waals surface area contributed by atoms with E-state index in [1.807, 2.05) is 36.4 Å². The summed E-state index contributed by atoms with van der Waals surface area (Å²) in [6.45, 7) is -0.449. The zero-order valence-electron chi connectivity index (χ0n) is 14.7. The summed E-state index contributed by atoms with van der Waals surface area (Å²) in [5.41, 5.74) is 1.20. The Morgan fingerprint density at radius 2 is 1.71 bits per heavy atom. The fourth-order valence-corrected chi connectivity index (χ4v) is 5.21. The molecule has 0 atom stereocenters. The van der Waals surface area contributed by atoms with E-state index < -0.39 is 22.5 Å². The van der Waals surface area contributed by atoms with Crippen molar-refractivity contribution in [3.05, 3.63) is 72.5 Å². The number of para-hydroxylation sites is 1. The molecule has 140 valence electrons. The molecule has 1 aliphatic heterocycles. The van der Waals surface area contributed by atoms with Gasteiger partial charge in [0.25, 0.3) is 10.0 Å². The fraction of sp³-hybridized carbons (Fsp3) is 0.0952. The Kier molecular flexibility index (Phi) is 3.67. The van der Waals surface area contributed by atoms with Crippen LogP contribution in [0.25, 0.3) is 21.7 Å². The van der Waals surface area contributed by atoms with E-state index in [0.717, 1.165) is 15.1 Å². The summed E-state index contributed by atoms with van der Waals surface area (Å²) < 4.78 is 37.8. The molecule has 0 radical (unpaired) electrons. The Bertz CT molecular complexity index is 1300. The van der Waals surface area contributed by atoms with Gasteiger partial charge < -0.3 is 9.15 Å². The molecule has 0 fully saturated rings. The molecule has 1 aliphatic rings. The molecule has 0 spiro atoms. The van der Waals surface area contributed by atoms with E-state index in [9.17, 15) is 13.2 Å². The van der Waals surface area contributed by atoms with Gasteiger partial charge in [0.05, 0.1) is 10.6 Å². The lowest BCUT2D eigenvalue weighted by Gasteiger charge is -2.17. The number of hydrogen-bond acceptors (Lipinski definition) is 5. The van der Waals surface area contributed by atoms with Crippen molar-refractivity contribution in [2.24, 2.45) is 0 Å². The Morgan fingerprint density at radius 3 is 2.54 bits per heavy atom. The van der Waals surface area contributed by atoms with Crippen molar-refractivity contribution in [3.8, 4) is 0 Å². The van der Waals surface area contributed by atoms with E-state index in [1.165, 1.54) is 0 Å². The lowest BCUT2D eigenvalue weighted by Crippen LogP contribution is -2.33. The van der Waals surface area contributed by atoms with Crippen LogP contribution in [0.5, 0.6) is 0 Å². The number of benzene rings is 3. The van der Waals surface area contributed by atoms with Gasteiger partial charge in [0.15, 0.2) is 0 Å². The minimum absolute atomic E-state index is 0.0570. The molecule has 4 aromatic rings. The first kappa shape index (κ1) is 16.8. The van der Waals surface area contributed by atoms with Crippen LogP contribution >= 0.6 is 0 Å². The Hall–Kier alpha value is -3.32. The summed E-state index contributed by atoms with van der Waals surface area (Å²) in [7, 11) is -3.79. The van der Waals surface area contributed by atoms with E-state index in [0.29, 0.717) is 22.4 Å².